The molecule has 0 bridgehead atoms. The first-order chi connectivity index (χ1) is 10.9. The van der Waals surface area contributed by atoms with Gasteiger partial charge in [-0.3, -0.25) is 19.7 Å². The zero-order valence-electron chi connectivity index (χ0n) is 12.8. The topological polar surface area (TPSA) is 130 Å². The first-order valence-corrected chi connectivity index (χ1v) is 7.80. The molecule has 1 aromatic rings. The van der Waals surface area contributed by atoms with Crippen LogP contribution < -0.4 is 16.2 Å². The molecule has 0 fully saturated rings. The lowest BCUT2D eigenvalue weighted by molar-refractivity contribution is -0.139. The van der Waals surface area contributed by atoms with Crippen LogP contribution in [-0.4, -0.2) is 47.3 Å². The SMILES string of the molecule is CCCNC(=O)NC(=O)CSc1nc(CC(=O)OC)cc(=O)[nH]1. The largest absolute Gasteiger partial charge is 0.469 e. The quantitative estimate of drug-likeness (QED) is 0.356. The van der Waals surface area contributed by atoms with Crippen LogP contribution in [-0.2, 0) is 20.7 Å². The molecule has 0 unspecified atom stereocenters. The number of imide groups is 1. The van der Waals surface area contributed by atoms with Gasteiger partial charge < -0.3 is 15.0 Å². The van der Waals surface area contributed by atoms with Crippen molar-refractivity contribution in [1.29, 1.82) is 0 Å². The Morgan fingerprint density at radius 3 is 2.78 bits per heavy atom. The van der Waals surface area contributed by atoms with Crippen molar-refractivity contribution in [3.63, 3.8) is 0 Å². The predicted octanol–water partition coefficient (Wildman–Crippen LogP) is -0.187. The van der Waals surface area contributed by atoms with Gasteiger partial charge in [0.15, 0.2) is 5.16 Å². The van der Waals surface area contributed by atoms with Gasteiger partial charge in [-0.05, 0) is 6.42 Å². The van der Waals surface area contributed by atoms with Crippen molar-refractivity contribution in [2.45, 2.75) is 24.9 Å². The number of ether oxygens (including phenoxy) is 1. The summed E-state index contributed by atoms with van der Waals surface area (Å²) in [6.07, 6.45) is 0.619. The van der Waals surface area contributed by atoms with Gasteiger partial charge in [0, 0.05) is 12.6 Å². The Bertz CT molecular complexity index is 631. The third-order valence-electron chi connectivity index (χ3n) is 2.45. The number of H-pyrrole nitrogens is 1. The molecule has 0 saturated carbocycles. The lowest BCUT2D eigenvalue weighted by Gasteiger charge is -2.06. The molecule has 126 valence electrons. The minimum Gasteiger partial charge on any atom is -0.469 e. The summed E-state index contributed by atoms with van der Waals surface area (Å²) in [6.45, 7) is 2.36. The number of nitrogens with one attached hydrogen (secondary N) is 3. The number of rotatable bonds is 7. The first-order valence-electron chi connectivity index (χ1n) is 6.82. The highest BCUT2D eigenvalue weighted by Gasteiger charge is 2.11. The molecule has 0 aromatic carbocycles. The van der Waals surface area contributed by atoms with E-state index in [9.17, 15) is 19.2 Å². The molecule has 23 heavy (non-hydrogen) atoms. The molecular weight excluding hydrogens is 324 g/mol. The van der Waals surface area contributed by atoms with E-state index in [1.54, 1.807) is 0 Å². The molecule has 1 heterocycles. The number of amides is 3. The minimum absolute atomic E-state index is 0.107. The van der Waals surface area contributed by atoms with Gasteiger partial charge in [-0.1, -0.05) is 18.7 Å². The van der Waals surface area contributed by atoms with Gasteiger partial charge in [-0.15, -0.1) is 0 Å². The second-order valence-electron chi connectivity index (χ2n) is 4.39. The maximum absolute atomic E-state index is 11.6. The number of carbonyl (C=O) groups excluding carboxylic acids is 3. The molecule has 0 aliphatic heterocycles. The number of aromatic amines is 1. The maximum Gasteiger partial charge on any atom is 0.321 e. The number of thioether (sulfide) groups is 1. The monoisotopic (exact) mass is 342 g/mol. The zero-order chi connectivity index (χ0) is 17.2. The fourth-order valence-corrected chi connectivity index (χ4v) is 2.14. The van der Waals surface area contributed by atoms with E-state index in [0.717, 1.165) is 18.2 Å². The number of hydrogen-bond acceptors (Lipinski definition) is 7. The summed E-state index contributed by atoms with van der Waals surface area (Å²) in [5.74, 6) is -1.15. The number of esters is 1. The highest BCUT2D eigenvalue weighted by atomic mass is 32.2. The second kappa shape index (κ2) is 9.62. The molecule has 0 spiro atoms. The van der Waals surface area contributed by atoms with Gasteiger partial charge in [0.05, 0.1) is 25.0 Å². The minimum atomic E-state index is -0.571. The van der Waals surface area contributed by atoms with Crippen LogP contribution in [0.2, 0.25) is 0 Å². The molecule has 3 N–H and O–H groups in total. The summed E-state index contributed by atoms with van der Waals surface area (Å²) < 4.78 is 4.50. The summed E-state index contributed by atoms with van der Waals surface area (Å²) in [5.41, 5.74) is -0.202. The van der Waals surface area contributed by atoms with E-state index in [4.69, 9.17) is 0 Å². The van der Waals surface area contributed by atoms with Crippen molar-refractivity contribution in [3.8, 4) is 0 Å². The van der Waals surface area contributed by atoms with Crippen LogP contribution in [0, 0.1) is 0 Å². The van der Waals surface area contributed by atoms with Gasteiger partial charge in [-0.2, -0.15) is 0 Å². The number of carbonyl (C=O) groups is 3. The van der Waals surface area contributed by atoms with Crippen LogP contribution in [0.1, 0.15) is 19.0 Å². The van der Waals surface area contributed by atoms with Gasteiger partial charge in [0.1, 0.15) is 0 Å². The first kappa shape index (κ1) is 18.7. The maximum atomic E-state index is 11.6. The second-order valence-corrected chi connectivity index (χ2v) is 5.35. The molecular formula is C13H18N4O5S. The average Bonchev–Trinajstić information content (AvgIpc) is 2.50. The van der Waals surface area contributed by atoms with E-state index in [1.165, 1.54) is 13.2 Å². The molecule has 0 aliphatic rings. The van der Waals surface area contributed by atoms with E-state index >= 15 is 0 Å². The number of methoxy groups -OCH3 is 1. The fraction of sp³-hybridized carbons (Fsp3) is 0.462. The number of hydrogen-bond donors (Lipinski definition) is 3. The fourth-order valence-electron chi connectivity index (χ4n) is 1.44. The van der Waals surface area contributed by atoms with Crippen molar-refractivity contribution in [1.82, 2.24) is 20.6 Å². The lowest BCUT2D eigenvalue weighted by atomic mass is 10.3. The van der Waals surface area contributed by atoms with Crippen molar-refractivity contribution < 1.29 is 19.1 Å². The highest BCUT2D eigenvalue weighted by Crippen LogP contribution is 2.11. The van der Waals surface area contributed by atoms with Crippen molar-refractivity contribution in [2.24, 2.45) is 0 Å². The number of urea groups is 1. The van der Waals surface area contributed by atoms with E-state index in [-0.39, 0.29) is 23.0 Å². The van der Waals surface area contributed by atoms with E-state index in [1.807, 2.05) is 6.92 Å². The molecule has 9 nitrogen and oxygen atoms in total. The summed E-state index contributed by atoms with van der Waals surface area (Å²) in [5, 5.41) is 4.84. The van der Waals surface area contributed by atoms with Crippen LogP contribution in [0.4, 0.5) is 4.79 Å². The average molecular weight is 342 g/mol. The summed E-state index contributed by atoms with van der Waals surface area (Å²) in [4.78, 5) is 52.1. The molecule has 1 aromatic heterocycles. The van der Waals surface area contributed by atoms with Crippen molar-refractivity contribution in [2.75, 3.05) is 19.4 Å². The van der Waals surface area contributed by atoms with Crippen molar-refractivity contribution >= 4 is 29.7 Å². The molecule has 10 heteroatoms. The Morgan fingerprint density at radius 2 is 2.13 bits per heavy atom. The Morgan fingerprint density at radius 1 is 1.39 bits per heavy atom. The number of aromatic nitrogens is 2. The Balaban J connectivity index is 2.57. The zero-order valence-corrected chi connectivity index (χ0v) is 13.6. The van der Waals surface area contributed by atoms with E-state index in [0.29, 0.717) is 6.54 Å². The van der Waals surface area contributed by atoms with Crippen LogP contribution in [0.25, 0.3) is 0 Å². The normalized spacial score (nSPS) is 10.0. The van der Waals surface area contributed by atoms with Crippen LogP contribution in [0.15, 0.2) is 16.0 Å². The third-order valence-corrected chi connectivity index (χ3v) is 3.33. The lowest BCUT2D eigenvalue weighted by Crippen LogP contribution is -2.40. The molecule has 0 aliphatic carbocycles. The molecule has 0 radical (unpaired) electrons. The number of nitrogens with zero attached hydrogens (tertiary/aromatic N) is 1. The summed E-state index contributed by atoms with van der Waals surface area (Å²) in [6, 6.07) is 0.609. The Labute approximate surface area is 136 Å². The van der Waals surface area contributed by atoms with Crippen LogP contribution in [0.5, 0.6) is 0 Å². The van der Waals surface area contributed by atoms with Gasteiger partial charge in [0.2, 0.25) is 5.91 Å². The Hall–Kier alpha value is -2.36. The van der Waals surface area contributed by atoms with Gasteiger partial charge in [0.25, 0.3) is 5.56 Å². The predicted molar refractivity (Wildman–Crippen MR) is 83.1 cm³/mol. The van der Waals surface area contributed by atoms with E-state index in [2.05, 4.69) is 25.3 Å². The van der Waals surface area contributed by atoms with E-state index < -0.39 is 23.5 Å². The molecule has 3 amide bonds. The van der Waals surface area contributed by atoms with Gasteiger partial charge >= 0.3 is 12.0 Å². The third kappa shape index (κ3) is 7.45. The van der Waals surface area contributed by atoms with Crippen molar-refractivity contribution in [3.05, 3.63) is 22.1 Å². The van der Waals surface area contributed by atoms with Crippen LogP contribution >= 0.6 is 11.8 Å². The standard InChI is InChI=1S/C13H18N4O5S/c1-3-4-14-12(21)16-10(19)7-23-13-15-8(5-9(18)17-13)6-11(20)22-2/h5H,3-4,6-7H2,1-2H3,(H,15,17,18)(H2,14,16,19,21). The Kier molecular flexibility index (Phi) is 7.81. The smallest absolute Gasteiger partial charge is 0.321 e. The van der Waals surface area contributed by atoms with Crippen LogP contribution in [0.3, 0.4) is 0 Å². The highest BCUT2D eigenvalue weighted by molar-refractivity contribution is 7.99. The summed E-state index contributed by atoms with van der Waals surface area (Å²) in [7, 11) is 1.24. The molecule has 0 atom stereocenters. The molecule has 1 rings (SSSR count). The summed E-state index contributed by atoms with van der Waals surface area (Å²) >= 11 is 0.947. The van der Waals surface area contributed by atoms with Gasteiger partial charge in [-0.25, -0.2) is 9.78 Å². The molecule has 0 saturated heterocycles.